The molecule has 0 aliphatic carbocycles. The Kier molecular flexibility index (Phi) is 3.37. The van der Waals surface area contributed by atoms with Crippen LogP contribution in [0.4, 0.5) is 17.6 Å². The quantitative estimate of drug-likeness (QED) is 0.636. The normalized spacial score (nSPS) is 11.6. The topological polar surface area (TPSA) is 34.9 Å². The molecular formula is C12H8F4N2O. The second-order valence-electron chi connectivity index (χ2n) is 3.84. The van der Waals surface area contributed by atoms with E-state index in [4.69, 9.17) is 0 Å². The van der Waals surface area contributed by atoms with E-state index in [1.165, 1.54) is 18.2 Å². The van der Waals surface area contributed by atoms with Gasteiger partial charge in [-0.25, -0.2) is 4.39 Å². The van der Waals surface area contributed by atoms with E-state index in [-0.39, 0.29) is 12.1 Å². The fourth-order valence-electron chi connectivity index (χ4n) is 1.53. The number of halogens is 4. The zero-order valence-electron chi connectivity index (χ0n) is 9.49. The Labute approximate surface area is 105 Å². The molecule has 0 aliphatic heterocycles. The van der Waals surface area contributed by atoms with Gasteiger partial charge in [0.15, 0.2) is 0 Å². The van der Waals surface area contributed by atoms with Gasteiger partial charge >= 0.3 is 6.18 Å². The van der Waals surface area contributed by atoms with Crippen LogP contribution in [-0.2, 0) is 6.54 Å². The number of hydrogen-bond donors (Lipinski definition) is 0. The van der Waals surface area contributed by atoms with Crippen molar-refractivity contribution in [2.24, 2.45) is 0 Å². The molecule has 0 amide bonds. The predicted octanol–water partition coefficient (Wildman–Crippen LogP) is 2.82. The van der Waals surface area contributed by atoms with Gasteiger partial charge < -0.3 is 0 Å². The van der Waals surface area contributed by atoms with Crippen LogP contribution in [0.3, 0.4) is 0 Å². The minimum absolute atomic E-state index is 0.0438. The van der Waals surface area contributed by atoms with Crippen LogP contribution in [-0.4, -0.2) is 21.7 Å². The number of carbonyl (C=O) groups excluding carboxylic acids is 1. The van der Waals surface area contributed by atoms with E-state index in [2.05, 4.69) is 5.10 Å². The van der Waals surface area contributed by atoms with Crippen LogP contribution in [0.15, 0.2) is 36.7 Å². The molecule has 0 spiro atoms. The van der Waals surface area contributed by atoms with Crippen LogP contribution in [0.25, 0.3) is 0 Å². The molecule has 3 nitrogen and oxygen atoms in total. The maximum absolute atomic E-state index is 13.3. The number of carbonyl (C=O) groups is 1. The molecule has 0 fully saturated rings. The number of hydrogen-bond acceptors (Lipinski definition) is 2. The maximum Gasteiger partial charge on any atom is 0.454 e. The zero-order chi connectivity index (χ0) is 14.0. The van der Waals surface area contributed by atoms with Crippen molar-refractivity contribution in [2.45, 2.75) is 12.7 Å². The molecule has 0 aliphatic rings. The summed E-state index contributed by atoms with van der Waals surface area (Å²) in [6.45, 7) is -0.0438. The highest BCUT2D eigenvalue weighted by Gasteiger charge is 2.39. The third-order valence-corrected chi connectivity index (χ3v) is 2.44. The first-order chi connectivity index (χ1) is 8.88. The fraction of sp³-hybridized carbons (Fsp3) is 0.167. The van der Waals surface area contributed by atoms with E-state index < -0.39 is 23.3 Å². The molecule has 0 N–H and O–H groups in total. The molecule has 1 heterocycles. The summed E-state index contributed by atoms with van der Waals surface area (Å²) in [6.07, 6.45) is -3.18. The number of aromatic nitrogens is 2. The van der Waals surface area contributed by atoms with Gasteiger partial charge in [0.05, 0.1) is 18.3 Å². The summed E-state index contributed by atoms with van der Waals surface area (Å²) in [6, 6.07) is 5.83. The van der Waals surface area contributed by atoms with E-state index in [0.717, 1.165) is 17.1 Å². The van der Waals surface area contributed by atoms with Crippen molar-refractivity contribution in [3.8, 4) is 0 Å². The summed E-state index contributed by atoms with van der Waals surface area (Å²) in [5.41, 5.74) is -0.291. The predicted molar refractivity (Wildman–Crippen MR) is 58.1 cm³/mol. The maximum atomic E-state index is 13.3. The van der Waals surface area contributed by atoms with Gasteiger partial charge in [-0.3, -0.25) is 9.48 Å². The summed E-state index contributed by atoms with van der Waals surface area (Å²) >= 11 is 0. The molecule has 0 saturated heterocycles. The van der Waals surface area contributed by atoms with Gasteiger partial charge in [-0.15, -0.1) is 0 Å². The number of Topliss-reactive ketones (excluding diaryl/α,β-unsaturated/α-hetero) is 1. The van der Waals surface area contributed by atoms with Crippen LogP contribution in [0.5, 0.6) is 0 Å². The number of ketones is 1. The van der Waals surface area contributed by atoms with Crippen molar-refractivity contribution in [3.63, 3.8) is 0 Å². The van der Waals surface area contributed by atoms with Crippen LogP contribution in [0, 0.1) is 5.82 Å². The monoisotopic (exact) mass is 272 g/mol. The Bertz CT molecular complexity index is 604. The van der Waals surface area contributed by atoms with Crippen molar-refractivity contribution >= 4 is 5.78 Å². The fourth-order valence-corrected chi connectivity index (χ4v) is 1.53. The van der Waals surface area contributed by atoms with Crippen molar-refractivity contribution in [2.75, 3.05) is 0 Å². The molecule has 0 unspecified atom stereocenters. The summed E-state index contributed by atoms with van der Waals surface area (Å²) in [5, 5.41) is 3.62. The number of benzene rings is 1. The molecule has 7 heteroatoms. The molecule has 100 valence electrons. The summed E-state index contributed by atoms with van der Waals surface area (Å²) in [7, 11) is 0. The largest absolute Gasteiger partial charge is 0.454 e. The lowest BCUT2D eigenvalue weighted by molar-refractivity contribution is -0.0885. The molecule has 0 radical (unpaired) electrons. The van der Waals surface area contributed by atoms with Crippen molar-refractivity contribution < 1.29 is 22.4 Å². The minimum atomic E-state index is -4.94. The smallest absolute Gasteiger partial charge is 0.284 e. The molecule has 2 rings (SSSR count). The zero-order valence-corrected chi connectivity index (χ0v) is 9.49. The van der Waals surface area contributed by atoms with Gasteiger partial charge in [0, 0.05) is 11.8 Å². The molecule has 19 heavy (non-hydrogen) atoms. The molecule has 0 atom stereocenters. The lowest BCUT2D eigenvalue weighted by atomic mass is 10.2. The standard InChI is InChI=1S/C12H8F4N2O/c13-10-4-2-1-3-8(10)6-18-7-9(5-17-18)11(19)12(14,15)16/h1-5,7H,6H2. The van der Waals surface area contributed by atoms with Gasteiger partial charge in [0.25, 0.3) is 5.78 Å². The van der Waals surface area contributed by atoms with Gasteiger partial charge in [-0.2, -0.15) is 18.3 Å². The van der Waals surface area contributed by atoms with E-state index in [1.54, 1.807) is 6.07 Å². The molecule has 1 aromatic carbocycles. The highest BCUT2D eigenvalue weighted by molar-refractivity contribution is 5.99. The van der Waals surface area contributed by atoms with Gasteiger partial charge in [-0.05, 0) is 6.07 Å². The second-order valence-corrected chi connectivity index (χ2v) is 3.84. The highest BCUT2D eigenvalue weighted by Crippen LogP contribution is 2.21. The van der Waals surface area contributed by atoms with E-state index in [0.29, 0.717) is 0 Å². The average molecular weight is 272 g/mol. The van der Waals surface area contributed by atoms with Crippen molar-refractivity contribution in [1.82, 2.24) is 9.78 Å². The van der Waals surface area contributed by atoms with Crippen LogP contribution < -0.4 is 0 Å². The molecule has 1 aromatic heterocycles. The van der Waals surface area contributed by atoms with Gasteiger partial charge in [0.2, 0.25) is 0 Å². The summed E-state index contributed by atoms with van der Waals surface area (Å²) in [5.74, 6) is -2.45. The molecule has 0 saturated carbocycles. The molecular weight excluding hydrogens is 264 g/mol. The highest BCUT2D eigenvalue weighted by atomic mass is 19.4. The van der Waals surface area contributed by atoms with Crippen LogP contribution in [0.1, 0.15) is 15.9 Å². The number of rotatable bonds is 3. The minimum Gasteiger partial charge on any atom is -0.284 e. The Morgan fingerprint density at radius 3 is 2.58 bits per heavy atom. The van der Waals surface area contributed by atoms with Crippen molar-refractivity contribution in [1.29, 1.82) is 0 Å². The summed E-state index contributed by atoms with van der Waals surface area (Å²) < 4.78 is 51.0. The lowest BCUT2D eigenvalue weighted by Gasteiger charge is -2.03. The SMILES string of the molecule is O=C(c1cnn(Cc2ccccc2F)c1)C(F)(F)F. The molecule has 2 aromatic rings. The van der Waals surface area contributed by atoms with Gasteiger partial charge in [-0.1, -0.05) is 18.2 Å². The first kappa shape index (κ1) is 13.3. The average Bonchev–Trinajstić information content (AvgIpc) is 2.78. The lowest BCUT2D eigenvalue weighted by Crippen LogP contribution is -2.22. The van der Waals surface area contributed by atoms with E-state index in [1.807, 2.05) is 0 Å². The van der Waals surface area contributed by atoms with Crippen molar-refractivity contribution in [3.05, 3.63) is 53.6 Å². The first-order valence-corrected chi connectivity index (χ1v) is 5.25. The third kappa shape index (κ3) is 2.98. The van der Waals surface area contributed by atoms with E-state index >= 15 is 0 Å². The molecule has 0 bridgehead atoms. The van der Waals surface area contributed by atoms with Gasteiger partial charge in [0.1, 0.15) is 5.82 Å². The Morgan fingerprint density at radius 2 is 1.95 bits per heavy atom. The number of alkyl halides is 3. The Hall–Kier alpha value is -2.18. The Morgan fingerprint density at radius 1 is 1.26 bits per heavy atom. The van der Waals surface area contributed by atoms with E-state index in [9.17, 15) is 22.4 Å². The number of nitrogens with zero attached hydrogens (tertiary/aromatic N) is 2. The summed E-state index contributed by atoms with van der Waals surface area (Å²) in [4.78, 5) is 10.9. The Balaban J connectivity index is 2.19. The third-order valence-electron chi connectivity index (χ3n) is 2.44. The van der Waals surface area contributed by atoms with Crippen LogP contribution in [0.2, 0.25) is 0 Å². The van der Waals surface area contributed by atoms with Crippen LogP contribution >= 0.6 is 0 Å². The second kappa shape index (κ2) is 4.83. The first-order valence-electron chi connectivity index (χ1n) is 5.25.